The molecule has 8 heteroatoms. The maximum absolute atomic E-state index is 12.4. The SMILES string of the molecule is CCCn1c(SCC(=O)NCc2ccc(Cl)cc2)nnc1-c1csc2c1CCC(C)C2. The van der Waals surface area contributed by atoms with Crippen molar-refractivity contribution in [3.63, 3.8) is 0 Å². The highest BCUT2D eigenvalue weighted by Crippen LogP contribution is 2.38. The van der Waals surface area contributed by atoms with Crippen molar-refractivity contribution in [1.82, 2.24) is 20.1 Å². The van der Waals surface area contributed by atoms with Crippen LogP contribution in [0, 0.1) is 5.92 Å². The Morgan fingerprint density at radius 2 is 2.13 bits per heavy atom. The molecule has 1 atom stereocenters. The van der Waals surface area contributed by atoms with Crippen LogP contribution in [-0.4, -0.2) is 26.4 Å². The molecule has 3 aromatic rings. The minimum atomic E-state index is -0.0190. The van der Waals surface area contributed by atoms with Gasteiger partial charge in [0, 0.05) is 33.9 Å². The molecule has 0 saturated heterocycles. The van der Waals surface area contributed by atoms with E-state index in [0.717, 1.165) is 48.3 Å². The van der Waals surface area contributed by atoms with Gasteiger partial charge in [-0.2, -0.15) is 0 Å². The molecule has 1 aliphatic carbocycles. The molecule has 0 aliphatic heterocycles. The first-order chi connectivity index (χ1) is 15.0. The zero-order valence-electron chi connectivity index (χ0n) is 17.9. The van der Waals surface area contributed by atoms with Gasteiger partial charge in [0.2, 0.25) is 5.91 Å². The summed E-state index contributed by atoms with van der Waals surface area (Å²) in [7, 11) is 0. The summed E-state index contributed by atoms with van der Waals surface area (Å²) in [4.78, 5) is 13.9. The van der Waals surface area contributed by atoms with E-state index < -0.39 is 0 Å². The quantitative estimate of drug-likeness (QED) is 0.431. The third-order valence-electron chi connectivity index (χ3n) is 5.54. The van der Waals surface area contributed by atoms with Crippen LogP contribution in [0.4, 0.5) is 0 Å². The molecule has 2 heterocycles. The number of aromatic nitrogens is 3. The number of benzene rings is 1. The number of rotatable bonds is 8. The average Bonchev–Trinajstić information content (AvgIpc) is 3.35. The van der Waals surface area contributed by atoms with Gasteiger partial charge < -0.3 is 9.88 Å². The molecule has 4 rings (SSSR count). The van der Waals surface area contributed by atoms with Crippen molar-refractivity contribution in [2.45, 2.75) is 57.8 Å². The molecular weight excluding hydrogens is 448 g/mol. The molecule has 0 radical (unpaired) electrons. The van der Waals surface area contributed by atoms with E-state index in [-0.39, 0.29) is 5.91 Å². The van der Waals surface area contributed by atoms with Crippen LogP contribution in [0.1, 0.15) is 42.7 Å². The van der Waals surface area contributed by atoms with Gasteiger partial charge in [-0.1, -0.05) is 49.3 Å². The molecule has 2 aromatic heterocycles. The Hall–Kier alpha value is -1.83. The fourth-order valence-corrected chi connectivity index (χ4v) is 6.03. The second kappa shape index (κ2) is 10.2. The summed E-state index contributed by atoms with van der Waals surface area (Å²) in [6, 6.07) is 7.50. The summed E-state index contributed by atoms with van der Waals surface area (Å²) in [6.45, 7) is 5.82. The molecular formula is C23H27ClN4OS2. The number of nitrogens with one attached hydrogen (secondary N) is 1. The molecule has 1 N–H and O–H groups in total. The topological polar surface area (TPSA) is 59.8 Å². The summed E-state index contributed by atoms with van der Waals surface area (Å²) in [5.41, 5.74) is 3.70. The molecule has 1 unspecified atom stereocenters. The molecule has 1 aromatic carbocycles. The molecule has 0 spiro atoms. The Morgan fingerprint density at radius 1 is 1.32 bits per heavy atom. The Morgan fingerprint density at radius 3 is 2.90 bits per heavy atom. The highest BCUT2D eigenvalue weighted by molar-refractivity contribution is 7.99. The third kappa shape index (κ3) is 5.33. The molecule has 0 fully saturated rings. The Labute approximate surface area is 196 Å². The van der Waals surface area contributed by atoms with Crippen molar-refractivity contribution in [2.75, 3.05) is 5.75 Å². The van der Waals surface area contributed by atoms with E-state index in [0.29, 0.717) is 17.3 Å². The summed E-state index contributed by atoms with van der Waals surface area (Å²) in [6.07, 6.45) is 4.50. The number of thioether (sulfide) groups is 1. The monoisotopic (exact) mass is 474 g/mol. The number of carbonyl (C=O) groups excluding carboxylic acids is 1. The van der Waals surface area contributed by atoms with Crippen molar-refractivity contribution in [3.8, 4) is 11.4 Å². The number of hydrogen-bond donors (Lipinski definition) is 1. The van der Waals surface area contributed by atoms with E-state index in [2.05, 4.69) is 39.3 Å². The summed E-state index contributed by atoms with van der Waals surface area (Å²) in [5.74, 6) is 1.99. The zero-order valence-corrected chi connectivity index (χ0v) is 20.2. The van der Waals surface area contributed by atoms with E-state index >= 15 is 0 Å². The summed E-state index contributed by atoms with van der Waals surface area (Å²) >= 11 is 9.21. The van der Waals surface area contributed by atoms with Gasteiger partial charge in [-0.05, 0) is 54.9 Å². The molecule has 31 heavy (non-hydrogen) atoms. The molecule has 1 aliphatic rings. The molecule has 0 saturated carbocycles. The lowest BCUT2D eigenvalue weighted by Gasteiger charge is -2.19. The predicted octanol–water partition coefficient (Wildman–Crippen LogP) is 5.60. The highest BCUT2D eigenvalue weighted by Gasteiger charge is 2.24. The van der Waals surface area contributed by atoms with Crippen molar-refractivity contribution in [3.05, 3.63) is 50.7 Å². The van der Waals surface area contributed by atoms with E-state index in [1.165, 1.54) is 34.2 Å². The van der Waals surface area contributed by atoms with Gasteiger partial charge in [0.15, 0.2) is 11.0 Å². The maximum atomic E-state index is 12.4. The van der Waals surface area contributed by atoms with Crippen LogP contribution in [0.5, 0.6) is 0 Å². The molecule has 1 amide bonds. The average molecular weight is 475 g/mol. The van der Waals surface area contributed by atoms with E-state index in [1.807, 2.05) is 35.6 Å². The van der Waals surface area contributed by atoms with Gasteiger partial charge in [-0.25, -0.2) is 0 Å². The lowest BCUT2D eigenvalue weighted by molar-refractivity contribution is -0.118. The minimum Gasteiger partial charge on any atom is -0.351 e. The molecule has 5 nitrogen and oxygen atoms in total. The van der Waals surface area contributed by atoms with E-state index in [4.69, 9.17) is 11.6 Å². The lowest BCUT2D eigenvalue weighted by Crippen LogP contribution is -2.24. The fraction of sp³-hybridized carbons (Fsp3) is 0.435. The van der Waals surface area contributed by atoms with Gasteiger partial charge in [-0.3, -0.25) is 4.79 Å². The van der Waals surface area contributed by atoms with Crippen LogP contribution in [0.25, 0.3) is 11.4 Å². The predicted molar refractivity (Wildman–Crippen MR) is 129 cm³/mol. The van der Waals surface area contributed by atoms with Gasteiger partial charge >= 0.3 is 0 Å². The van der Waals surface area contributed by atoms with E-state index in [9.17, 15) is 4.79 Å². The van der Waals surface area contributed by atoms with Gasteiger partial charge in [-0.15, -0.1) is 21.5 Å². The van der Waals surface area contributed by atoms with Crippen molar-refractivity contribution in [2.24, 2.45) is 5.92 Å². The number of nitrogens with zero attached hydrogens (tertiary/aromatic N) is 3. The normalized spacial score (nSPS) is 15.6. The smallest absolute Gasteiger partial charge is 0.230 e. The van der Waals surface area contributed by atoms with Gasteiger partial charge in [0.1, 0.15) is 0 Å². The minimum absolute atomic E-state index is 0.0190. The molecule has 0 bridgehead atoms. The fourth-order valence-electron chi connectivity index (χ4n) is 3.87. The van der Waals surface area contributed by atoms with Gasteiger partial charge in [0.05, 0.1) is 5.75 Å². The largest absolute Gasteiger partial charge is 0.351 e. The highest BCUT2D eigenvalue weighted by atomic mass is 35.5. The first-order valence-electron chi connectivity index (χ1n) is 10.7. The van der Waals surface area contributed by atoms with Crippen LogP contribution < -0.4 is 5.32 Å². The van der Waals surface area contributed by atoms with Crippen molar-refractivity contribution >= 4 is 40.6 Å². The zero-order chi connectivity index (χ0) is 21.8. The molecule has 164 valence electrons. The third-order valence-corrected chi connectivity index (χ3v) is 7.81. The second-order valence-electron chi connectivity index (χ2n) is 8.05. The maximum Gasteiger partial charge on any atom is 0.230 e. The number of amides is 1. The van der Waals surface area contributed by atoms with Crippen molar-refractivity contribution in [1.29, 1.82) is 0 Å². The number of fused-ring (bicyclic) bond motifs is 1. The Balaban J connectivity index is 1.43. The van der Waals surface area contributed by atoms with Crippen LogP contribution >= 0.6 is 34.7 Å². The van der Waals surface area contributed by atoms with Crippen LogP contribution in [0.3, 0.4) is 0 Å². The Bertz CT molecular complexity index is 1040. The van der Waals surface area contributed by atoms with Crippen LogP contribution in [-0.2, 0) is 30.7 Å². The summed E-state index contributed by atoms with van der Waals surface area (Å²) < 4.78 is 2.18. The lowest BCUT2D eigenvalue weighted by atomic mass is 9.88. The van der Waals surface area contributed by atoms with Crippen LogP contribution in [0.2, 0.25) is 5.02 Å². The van der Waals surface area contributed by atoms with Gasteiger partial charge in [0.25, 0.3) is 0 Å². The number of carbonyl (C=O) groups is 1. The first kappa shape index (κ1) is 22.4. The second-order valence-corrected chi connectivity index (χ2v) is 10.4. The Kier molecular flexibility index (Phi) is 7.35. The number of thiophene rings is 1. The van der Waals surface area contributed by atoms with Crippen molar-refractivity contribution < 1.29 is 4.79 Å². The first-order valence-corrected chi connectivity index (χ1v) is 13.0. The number of halogens is 1. The number of hydrogen-bond acceptors (Lipinski definition) is 5. The summed E-state index contributed by atoms with van der Waals surface area (Å²) in [5, 5.41) is 15.7. The van der Waals surface area contributed by atoms with E-state index in [1.54, 1.807) is 0 Å². The van der Waals surface area contributed by atoms with Crippen LogP contribution in [0.15, 0.2) is 34.8 Å². The standard InChI is InChI=1S/C23H27ClN4OS2/c1-3-10-28-22(19-13-30-20-11-15(2)4-9-18(19)20)26-27-23(28)31-14-21(29)25-12-16-5-7-17(24)8-6-16/h5-8,13,15H,3-4,9-12,14H2,1-2H3,(H,25,29).